The quantitative estimate of drug-likeness (QED) is 0.581. The van der Waals surface area contributed by atoms with E-state index in [4.69, 9.17) is 9.84 Å². The van der Waals surface area contributed by atoms with Gasteiger partial charge in [0.1, 0.15) is 20.3 Å². The van der Waals surface area contributed by atoms with Crippen LogP contribution in [0.5, 0.6) is 0 Å². The van der Waals surface area contributed by atoms with Gasteiger partial charge >= 0.3 is 11.9 Å². The van der Waals surface area contributed by atoms with Crippen LogP contribution < -0.4 is 0 Å². The molecule has 2 heterocycles. The Balaban J connectivity index is 0.000000162. The van der Waals surface area contributed by atoms with Gasteiger partial charge in [0, 0.05) is 0 Å². The fraction of sp³-hybridized carbons (Fsp3) is 0.556. The first-order valence-corrected chi connectivity index (χ1v) is 10.9. The molecule has 8 nitrogen and oxygen atoms in total. The second kappa shape index (κ2) is 9.21. The van der Waals surface area contributed by atoms with Gasteiger partial charge < -0.3 is 9.84 Å². The van der Waals surface area contributed by atoms with Crippen molar-refractivity contribution in [3.05, 3.63) is 32.7 Å². The van der Waals surface area contributed by atoms with E-state index in [-0.39, 0.29) is 11.5 Å². The fourth-order valence-electron chi connectivity index (χ4n) is 2.96. The van der Waals surface area contributed by atoms with Gasteiger partial charge in [0.2, 0.25) is 0 Å². The molecule has 28 heavy (non-hydrogen) atoms. The molecule has 10 heteroatoms. The Morgan fingerprint density at radius 1 is 1.04 bits per heavy atom. The first kappa shape index (κ1) is 21.0. The highest BCUT2D eigenvalue weighted by Crippen LogP contribution is 2.35. The van der Waals surface area contributed by atoms with Crippen LogP contribution in [0.15, 0.2) is 21.6 Å². The first-order chi connectivity index (χ1) is 13.4. The number of aromatic nitrogens is 4. The third-order valence-electron chi connectivity index (χ3n) is 5.04. The van der Waals surface area contributed by atoms with Gasteiger partial charge in [-0.2, -0.15) is 10.2 Å². The summed E-state index contributed by atoms with van der Waals surface area (Å²) in [4.78, 5) is 22.2. The first-order valence-electron chi connectivity index (χ1n) is 9.30. The van der Waals surface area contributed by atoms with Crippen LogP contribution in [0, 0.1) is 0 Å². The van der Waals surface area contributed by atoms with Gasteiger partial charge in [-0.3, -0.25) is 9.36 Å². The van der Waals surface area contributed by atoms with E-state index in [1.807, 2.05) is 4.68 Å². The van der Waals surface area contributed by atoms with Gasteiger partial charge in [0.15, 0.2) is 0 Å². The zero-order valence-corrected chi connectivity index (χ0v) is 18.6. The van der Waals surface area contributed by atoms with E-state index in [9.17, 15) is 9.59 Å². The van der Waals surface area contributed by atoms with Crippen LogP contribution in [0.2, 0.25) is 0 Å². The molecule has 2 aromatic heterocycles. The average Bonchev–Trinajstić information content (AvgIpc) is 3.10. The lowest BCUT2D eigenvalue weighted by Crippen LogP contribution is -2.18. The summed E-state index contributed by atoms with van der Waals surface area (Å²) in [6.45, 7) is 2.18. The maximum absolute atomic E-state index is 11.5. The van der Waals surface area contributed by atoms with Gasteiger partial charge in [-0.1, -0.05) is 0 Å². The summed E-state index contributed by atoms with van der Waals surface area (Å²) in [6.07, 6.45) is 9.89. The number of halogens is 2. The van der Waals surface area contributed by atoms with Crippen molar-refractivity contribution in [1.29, 1.82) is 0 Å². The highest BCUT2D eigenvalue weighted by Gasteiger charge is 2.26. The summed E-state index contributed by atoms with van der Waals surface area (Å²) in [5.41, 5.74) is 0.760. The minimum Gasteiger partial charge on any atom is -0.478 e. The average molecular weight is 518 g/mol. The van der Waals surface area contributed by atoms with Gasteiger partial charge in [0.25, 0.3) is 0 Å². The predicted molar refractivity (Wildman–Crippen MR) is 109 cm³/mol. The van der Waals surface area contributed by atoms with E-state index in [1.54, 1.807) is 17.8 Å². The summed E-state index contributed by atoms with van der Waals surface area (Å²) in [7, 11) is 0. The summed E-state index contributed by atoms with van der Waals surface area (Å²) < 4.78 is 9.89. The van der Waals surface area contributed by atoms with Crippen LogP contribution in [0.4, 0.5) is 0 Å². The van der Waals surface area contributed by atoms with E-state index in [1.165, 1.54) is 19.0 Å². The largest absolute Gasteiger partial charge is 0.478 e. The lowest BCUT2D eigenvalue weighted by Gasteiger charge is -2.26. The van der Waals surface area contributed by atoms with E-state index >= 15 is 0 Å². The number of carboxylic acids is 1. The van der Waals surface area contributed by atoms with Crippen LogP contribution in [0.1, 0.15) is 78.2 Å². The van der Waals surface area contributed by atoms with Crippen molar-refractivity contribution >= 4 is 43.8 Å². The Bertz CT molecular complexity index is 856. The standard InChI is InChI=1S/C10H13BrN2O2.C8H9BrN2O2/c1-2-15-10(14)8-6-12-13(9(8)11)7-4-3-5-7;9-7-6(8(12)13)4-10-11(7)5-2-1-3-5/h6-7H,2-5H2,1H3;4-5H,1-3H2,(H,12,13). The van der Waals surface area contributed by atoms with Crippen molar-refractivity contribution < 1.29 is 19.4 Å². The Morgan fingerprint density at radius 3 is 1.86 bits per heavy atom. The van der Waals surface area contributed by atoms with Gasteiger partial charge in [-0.05, 0) is 77.3 Å². The fourth-order valence-corrected chi connectivity index (χ4v) is 4.25. The molecule has 2 saturated carbocycles. The number of aromatic carboxylic acids is 1. The molecule has 0 aliphatic heterocycles. The molecule has 0 amide bonds. The van der Waals surface area contributed by atoms with Crippen LogP contribution in [0.25, 0.3) is 0 Å². The molecular weight excluding hydrogens is 496 g/mol. The number of hydrogen-bond acceptors (Lipinski definition) is 5. The molecule has 2 fully saturated rings. The van der Waals surface area contributed by atoms with E-state index < -0.39 is 5.97 Å². The Kier molecular flexibility index (Phi) is 6.92. The molecule has 2 aliphatic rings. The second-order valence-corrected chi connectivity index (χ2v) is 8.28. The van der Waals surface area contributed by atoms with Crippen LogP contribution in [-0.4, -0.2) is 43.2 Å². The summed E-state index contributed by atoms with van der Waals surface area (Å²) >= 11 is 6.64. The zero-order valence-electron chi connectivity index (χ0n) is 15.5. The van der Waals surface area contributed by atoms with Crippen LogP contribution in [0.3, 0.4) is 0 Å². The molecule has 0 aromatic carbocycles. The lowest BCUT2D eigenvalue weighted by molar-refractivity contribution is 0.0524. The Hall–Kier alpha value is -1.68. The number of ether oxygens (including phenoxy) is 1. The monoisotopic (exact) mass is 516 g/mol. The number of hydrogen-bond donors (Lipinski definition) is 1. The van der Waals surface area contributed by atoms with Crippen molar-refractivity contribution in [2.45, 2.75) is 57.5 Å². The van der Waals surface area contributed by atoms with Crippen LogP contribution in [-0.2, 0) is 4.74 Å². The summed E-state index contributed by atoms with van der Waals surface area (Å²) in [5, 5.41) is 17.0. The predicted octanol–water partition coefficient (Wildman–Crippen LogP) is 4.62. The maximum Gasteiger partial charge on any atom is 0.342 e. The van der Waals surface area contributed by atoms with E-state index in [0.717, 1.165) is 30.3 Å². The molecule has 0 unspecified atom stereocenters. The highest BCUT2D eigenvalue weighted by atomic mass is 79.9. The van der Waals surface area contributed by atoms with Crippen molar-refractivity contribution in [3.63, 3.8) is 0 Å². The second-order valence-electron chi connectivity index (χ2n) is 6.78. The number of carboxylic acid groups (broad SMARTS) is 1. The molecule has 0 bridgehead atoms. The number of carbonyl (C=O) groups excluding carboxylic acids is 1. The molecule has 2 aromatic rings. The Morgan fingerprint density at radius 2 is 1.50 bits per heavy atom. The highest BCUT2D eigenvalue weighted by molar-refractivity contribution is 9.10. The molecule has 0 radical (unpaired) electrons. The van der Waals surface area contributed by atoms with Gasteiger partial charge in [-0.25, -0.2) is 9.59 Å². The molecule has 0 atom stereocenters. The summed E-state index contributed by atoms with van der Waals surface area (Å²) in [5.74, 6) is -1.24. The summed E-state index contributed by atoms with van der Waals surface area (Å²) in [6, 6.07) is 0.838. The SMILES string of the molecule is CCOC(=O)c1cnn(C2CCC2)c1Br.O=C(O)c1cnn(C2CCC2)c1Br. The van der Waals surface area contributed by atoms with E-state index in [2.05, 4.69) is 42.1 Å². The smallest absolute Gasteiger partial charge is 0.342 e. The molecule has 0 spiro atoms. The molecular formula is C18H22Br2N4O4. The van der Waals surface area contributed by atoms with Crippen molar-refractivity contribution in [1.82, 2.24) is 19.6 Å². The normalized spacial score (nSPS) is 16.5. The van der Waals surface area contributed by atoms with E-state index in [0.29, 0.717) is 28.9 Å². The molecule has 152 valence electrons. The van der Waals surface area contributed by atoms with Crippen molar-refractivity contribution in [2.75, 3.05) is 6.61 Å². The third-order valence-corrected chi connectivity index (χ3v) is 6.62. The number of esters is 1. The zero-order chi connectivity index (χ0) is 20.3. The number of rotatable bonds is 5. The molecule has 1 N–H and O–H groups in total. The Labute approximate surface area is 179 Å². The number of nitrogens with zero attached hydrogens (tertiary/aromatic N) is 4. The van der Waals surface area contributed by atoms with Crippen molar-refractivity contribution in [3.8, 4) is 0 Å². The minimum absolute atomic E-state index is 0.242. The topological polar surface area (TPSA) is 99.2 Å². The molecule has 0 saturated heterocycles. The van der Waals surface area contributed by atoms with Gasteiger partial charge in [-0.15, -0.1) is 0 Å². The number of carbonyl (C=O) groups is 2. The minimum atomic E-state index is -0.933. The van der Waals surface area contributed by atoms with Crippen LogP contribution >= 0.6 is 31.9 Å². The molecule has 4 rings (SSSR count). The molecule has 2 aliphatic carbocycles. The third kappa shape index (κ3) is 4.32. The lowest BCUT2D eigenvalue weighted by atomic mass is 9.93. The van der Waals surface area contributed by atoms with Crippen molar-refractivity contribution in [2.24, 2.45) is 0 Å². The maximum atomic E-state index is 11.5. The van der Waals surface area contributed by atoms with Gasteiger partial charge in [0.05, 0.1) is 31.1 Å².